The lowest BCUT2D eigenvalue weighted by Crippen LogP contribution is -2.22. The number of nitrogens with zero attached hydrogens (tertiary/aromatic N) is 2. The van der Waals surface area contributed by atoms with E-state index in [4.69, 9.17) is 5.11 Å². The maximum atomic E-state index is 12.7. The summed E-state index contributed by atoms with van der Waals surface area (Å²) in [6, 6.07) is 6.16. The van der Waals surface area contributed by atoms with E-state index in [1.165, 1.54) is 4.52 Å². The van der Waals surface area contributed by atoms with Crippen molar-refractivity contribution < 1.29 is 5.11 Å². The van der Waals surface area contributed by atoms with Crippen LogP contribution in [0.2, 0.25) is 0 Å². The molecular formula is C18H21N3O2. The lowest BCUT2D eigenvalue weighted by molar-refractivity contribution is 0.298. The Labute approximate surface area is 134 Å². The second-order valence-corrected chi connectivity index (χ2v) is 5.99. The first kappa shape index (κ1) is 15.5. The Morgan fingerprint density at radius 1 is 1.13 bits per heavy atom. The Bertz CT molecular complexity index is 931. The molecule has 0 radical (unpaired) electrons. The monoisotopic (exact) mass is 311 g/mol. The predicted molar refractivity (Wildman–Crippen MR) is 91.0 cm³/mol. The molecule has 0 atom stereocenters. The van der Waals surface area contributed by atoms with Gasteiger partial charge >= 0.3 is 0 Å². The summed E-state index contributed by atoms with van der Waals surface area (Å²) in [5, 5.41) is 13.6. The number of aromatic nitrogens is 3. The fraction of sp³-hybridized carbons (Fsp3) is 0.333. The molecule has 2 heterocycles. The van der Waals surface area contributed by atoms with Crippen LogP contribution >= 0.6 is 0 Å². The van der Waals surface area contributed by atoms with Crippen molar-refractivity contribution in [1.29, 1.82) is 0 Å². The van der Waals surface area contributed by atoms with Crippen molar-refractivity contribution in [3.63, 3.8) is 0 Å². The van der Waals surface area contributed by atoms with Gasteiger partial charge in [0.1, 0.15) is 5.65 Å². The molecule has 0 bridgehead atoms. The third kappa shape index (κ3) is 2.37. The molecule has 5 nitrogen and oxygen atoms in total. The van der Waals surface area contributed by atoms with Crippen molar-refractivity contribution in [2.24, 2.45) is 0 Å². The van der Waals surface area contributed by atoms with E-state index in [2.05, 4.69) is 36.1 Å². The van der Waals surface area contributed by atoms with E-state index in [0.29, 0.717) is 17.6 Å². The summed E-state index contributed by atoms with van der Waals surface area (Å²) in [5.74, 6) is 0. The van der Waals surface area contributed by atoms with Crippen molar-refractivity contribution in [1.82, 2.24) is 14.6 Å². The van der Waals surface area contributed by atoms with Crippen LogP contribution in [-0.2, 0) is 6.42 Å². The summed E-state index contributed by atoms with van der Waals surface area (Å²) in [7, 11) is 0. The van der Waals surface area contributed by atoms with Gasteiger partial charge in [0.25, 0.3) is 5.56 Å². The van der Waals surface area contributed by atoms with Gasteiger partial charge in [0.05, 0.1) is 5.69 Å². The molecule has 1 aromatic carbocycles. The van der Waals surface area contributed by atoms with Gasteiger partial charge in [-0.2, -0.15) is 9.61 Å². The van der Waals surface area contributed by atoms with Gasteiger partial charge in [-0.25, -0.2) is 0 Å². The Morgan fingerprint density at radius 3 is 2.39 bits per heavy atom. The molecule has 120 valence electrons. The van der Waals surface area contributed by atoms with E-state index in [1.807, 2.05) is 19.9 Å². The SMILES string of the molecule is Cc1cccc(C)c1-c1c(C)nn2c(=O)c(CCO)c(C)[nH]c12. The van der Waals surface area contributed by atoms with Crippen LogP contribution in [0.3, 0.4) is 0 Å². The summed E-state index contributed by atoms with van der Waals surface area (Å²) in [6.07, 6.45) is 0.328. The highest BCUT2D eigenvalue weighted by atomic mass is 16.3. The fourth-order valence-corrected chi connectivity index (χ4v) is 3.25. The van der Waals surface area contributed by atoms with Crippen molar-refractivity contribution in [2.75, 3.05) is 6.61 Å². The number of H-pyrrole nitrogens is 1. The van der Waals surface area contributed by atoms with Crippen LogP contribution in [0.1, 0.15) is 28.1 Å². The zero-order valence-electron chi connectivity index (χ0n) is 13.9. The van der Waals surface area contributed by atoms with Gasteiger partial charge in [-0.05, 0) is 44.4 Å². The molecule has 0 spiro atoms. The number of aromatic amines is 1. The van der Waals surface area contributed by atoms with Gasteiger partial charge in [0.2, 0.25) is 0 Å². The fourth-order valence-electron chi connectivity index (χ4n) is 3.25. The minimum absolute atomic E-state index is 0.0561. The maximum Gasteiger partial charge on any atom is 0.277 e. The van der Waals surface area contributed by atoms with Crippen LogP contribution in [-0.4, -0.2) is 26.3 Å². The number of rotatable bonds is 3. The van der Waals surface area contributed by atoms with Crippen molar-refractivity contribution >= 4 is 5.65 Å². The number of hydrogen-bond acceptors (Lipinski definition) is 3. The van der Waals surface area contributed by atoms with E-state index in [-0.39, 0.29) is 12.2 Å². The maximum absolute atomic E-state index is 12.7. The summed E-state index contributed by atoms with van der Waals surface area (Å²) in [4.78, 5) is 16.0. The zero-order valence-corrected chi connectivity index (χ0v) is 13.9. The highest BCUT2D eigenvalue weighted by Crippen LogP contribution is 2.32. The molecule has 3 rings (SSSR count). The Morgan fingerprint density at radius 2 is 1.78 bits per heavy atom. The average molecular weight is 311 g/mol. The van der Waals surface area contributed by atoms with E-state index >= 15 is 0 Å². The molecule has 0 aliphatic rings. The van der Waals surface area contributed by atoms with Crippen LogP contribution < -0.4 is 5.56 Å². The highest BCUT2D eigenvalue weighted by Gasteiger charge is 2.19. The van der Waals surface area contributed by atoms with E-state index in [9.17, 15) is 4.79 Å². The summed E-state index contributed by atoms with van der Waals surface area (Å²) < 4.78 is 1.43. The predicted octanol–water partition coefficient (Wildman–Crippen LogP) is 2.46. The number of aliphatic hydroxyl groups is 1. The topological polar surface area (TPSA) is 70.4 Å². The minimum Gasteiger partial charge on any atom is -0.396 e. The van der Waals surface area contributed by atoms with Gasteiger partial charge in [0, 0.05) is 29.8 Å². The van der Waals surface area contributed by atoms with Crippen LogP contribution in [0, 0.1) is 27.7 Å². The first-order valence-electron chi connectivity index (χ1n) is 7.74. The molecule has 0 unspecified atom stereocenters. The molecule has 2 aromatic heterocycles. The molecule has 0 fully saturated rings. The summed E-state index contributed by atoms with van der Waals surface area (Å²) in [6.45, 7) is 7.86. The van der Waals surface area contributed by atoms with Gasteiger partial charge in [-0.1, -0.05) is 18.2 Å². The number of benzene rings is 1. The van der Waals surface area contributed by atoms with Crippen molar-refractivity contribution in [3.05, 3.63) is 56.6 Å². The quantitative estimate of drug-likeness (QED) is 0.780. The number of nitrogens with one attached hydrogen (secondary N) is 1. The van der Waals surface area contributed by atoms with Gasteiger partial charge in [-0.3, -0.25) is 4.79 Å². The molecule has 23 heavy (non-hydrogen) atoms. The molecule has 0 saturated carbocycles. The largest absolute Gasteiger partial charge is 0.396 e. The molecule has 0 amide bonds. The highest BCUT2D eigenvalue weighted by molar-refractivity contribution is 5.83. The molecular weight excluding hydrogens is 290 g/mol. The first-order chi connectivity index (χ1) is 11.0. The normalized spacial score (nSPS) is 11.3. The van der Waals surface area contributed by atoms with Gasteiger partial charge in [0.15, 0.2) is 0 Å². The van der Waals surface area contributed by atoms with E-state index in [1.54, 1.807) is 0 Å². The molecule has 0 aliphatic carbocycles. The van der Waals surface area contributed by atoms with Crippen LogP contribution in [0.5, 0.6) is 0 Å². The van der Waals surface area contributed by atoms with Crippen LogP contribution in [0.15, 0.2) is 23.0 Å². The Balaban J connectivity index is 2.41. The van der Waals surface area contributed by atoms with Gasteiger partial charge in [-0.15, -0.1) is 0 Å². The molecule has 0 aliphatic heterocycles. The van der Waals surface area contributed by atoms with E-state index in [0.717, 1.165) is 33.6 Å². The standard InChI is InChI=1S/C18H21N3O2/c1-10-6-5-7-11(2)15(10)16-13(4)20-21-17(16)19-12(3)14(8-9-22)18(21)23/h5-7,19,22H,8-9H2,1-4H3. The third-order valence-corrected chi connectivity index (χ3v) is 4.36. The van der Waals surface area contributed by atoms with E-state index < -0.39 is 0 Å². The number of hydrogen-bond donors (Lipinski definition) is 2. The molecule has 2 N–H and O–H groups in total. The van der Waals surface area contributed by atoms with Gasteiger partial charge < -0.3 is 10.1 Å². The smallest absolute Gasteiger partial charge is 0.277 e. The second-order valence-electron chi connectivity index (χ2n) is 5.99. The number of aryl methyl sites for hydroxylation is 4. The van der Waals surface area contributed by atoms with Crippen LogP contribution in [0.25, 0.3) is 16.8 Å². The second kappa shape index (κ2) is 5.66. The molecule has 5 heteroatoms. The molecule has 0 saturated heterocycles. The Kier molecular flexibility index (Phi) is 3.82. The number of aliphatic hydroxyl groups excluding tert-OH is 1. The summed E-state index contributed by atoms with van der Waals surface area (Å²) >= 11 is 0. The average Bonchev–Trinajstić information content (AvgIpc) is 2.81. The number of fused-ring (bicyclic) bond motifs is 1. The third-order valence-electron chi connectivity index (χ3n) is 4.36. The first-order valence-corrected chi connectivity index (χ1v) is 7.74. The Hall–Kier alpha value is -2.40. The minimum atomic E-state index is -0.161. The lowest BCUT2D eigenvalue weighted by Gasteiger charge is -2.10. The van der Waals surface area contributed by atoms with Crippen molar-refractivity contribution in [3.8, 4) is 11.1 Å². The molecule has 3 aromatic rings. The van der Waals surface area contributed by atoms with Crippen LogP contribution in [0.4, 0.5) is 0 Å². The lowest BCUT2D eigenvalue weighted by atomic mass is 9.96. The van der Waals surface area contributed by atoms with Crippen molar-refractivity contribution in [2.45, 2.75) is 34.1 Å². The summed E-state index contributed by atoms with van der Waals surface area (Å²) in [5.41, 5.74) is 7.12. The zero-order chi connectivity index (χ0) is 16.7.